The second kappa shape index (κ2) is 9.70. The van der Waals surface area contributed by atoms with Crippen molar-refractivity contribution in [3.63, 3.8) is 0 Å². The van der Waals surface area contributed by atoms with Gasteiger partial charge in [-0.15, -0.1) is 0 Å². The van der Waals surface area contributed by atoms with E-state index in [0.29, 0.717) is 23.8 Å². The van der Waals surface area contributed by atoms with Gasteiger partial charge in [-0.25, -0.2) is 0 Å². The zero-order valence-corrected chi connectivity index (χ0v) is 19.1. The van der Waals surface area contributed by atoms with Crippen molar-refractivity contribution in [2.45, 2.75) is 38.3 Å². The zero-order valence-electron chi connectivity index (χ0n) is 19.1. The van der Waals surface area contributed by atoms with Crippen molar-refractivity contribution in [2.24, 2.45) is 5.92 Å². The summed E-state index contributed by atoms with van der Waals surface area (Å²) in [7, 11) is 1.59. The fourth-order valence-electron chi connectivity index (χ4n) is 4.68. The summed E-state index contributed by atoms with van der Waals surface area (Å²) in [6, 6.07) is 12.5. The molecule has 0 spiro atoms. The van der Waals surface area contributed by atoms with Crippen molar-refractivity contribution in [1.29, 1.82) is 0 Å². The van der Waals surface area contributed by atoms with E-state index in [0.717, 1.165) is 17.5 Å². The number of rotatable bonds is 8. The molecule has 2 aromatic carbocycles. The van der Waals surface area contributed by atoms with Crippen LogP contribution in [0.3, 0.4) is 0 Å². The number of hydrogen-bond acceptors (Lipinski definition) is 6. The Bertz CT molecular complexity index is 1010. The average molecular weight is 455 g/mol. The van der Waals surface area contributed by atoms with Crippen LogP contribution in [-0.4, -0.2) is 54.9 Å². The Kier molecular flexibility index (Phi) is 6.74. The van der Waals surface area contributed by atoms with Crippen molar-refractivity contribution in [2.75, 3.05) is 27.0 Å². The summed E-state index contributed by atoms with van der Waals surface area (Å²) in [6.07, 6.45) is 0.825. The van der Waals surface area contributed by atoms with Gasteiger partial charge in [-0.3, -0.25) is 14.5 Å². The molecule has 2 N–H and O–H groups in total. The zero-order chi connectivity index (χ0) is 23.5. The number of aliphatic carboxylic acids is 1. The van der Waals surface area contributed by atoms with Gasteiger partial charge in [-0.05, 0) is 48.7 Å². The van der Waals surface area contributed by atoms with Gasteiger partial charge < -0.3 is 24.6 Å². The summed E-state index contributed by atoms with van der Waals surface area (Å²) in [5.74, 6) is -0.111. The maximum absolute atomic E-state index is 12.8. The van der Waals surface area contributed by atoms with E-state index in [9.17, 15) is 14.7 Å². The summed E-state index contributed by atoms with van der Waals surface area (Å²) >= 11 is 0. The van der Waals surface area contributed by atoms with Crippen LogP contribution >= 0.6 is 0 Å². The van der Waals surface area contributed by atoms with Gasteiger partial charge in [0.2, 0.25) is 12.7 Å². The molecule has 33 heavy (non-hydrogen) atoms. The summed E-state index contributed by atoms with van der Waals surface area (Å²) in [5, 5.41) is 13.3. The molecule has 0 saturated carbocycles. The second-order valence-corrected chi connectivity index (χ2v) is 8.61. The van der Waals surface area contributed by atoms with Gasteiger partial charge in [-0.2, -0.15) is 0 Å². The first kappa shape index (κ1) is 22.9. The summed E-state index contributed by atoms with van der Waals surface area (Å²) < 4.78 is 16.2. The molecule has 1 fully saturated rings. The normalized spacial score (nSPS) is 22.7. The average Bonchev–Trinajstić information content (AvgIpc) is 3.43. The first-order valence-corrected chi connectivity index (χ1v) is 11.2. The van der Waals surface area contributed by atoms with Crippen LogP contribution in [0.2, 0.25) is 0 Å². The lowest BCUT2D eigenvalue weighted by atomic mass is 9.82. The third-order valence-corrected chi connectivity index (χ3v) is 6.53. The molecule has 2 aliphatic heterocycles. The number of carboxylic acid groups (broad SMARTS) is 1. The minimum Gasteiger partial charge on any atom is -0.497 e. The highest BCUT2D eigenvalue weighted by Crippen LogP contribution is 2.47. The second-order valence-electron chi connectivity index (χ2n) is 8.61. The third kappa shape index (κ3) is 4.75. The molecule has 1 amide bonds. The van der Waals surface area contributed by atoms with Crippen LogP contribution in [0.25, 0.3) is 0 Å². The number of ether oxygens (including phenoxy) is 3. The molecule has 0 aromatic heterocycles. The maximum Gasteiger partial charge on any atom is 0.309 e. The number of carboxylic acids is 1. The van der Waals surface area contributed by atoms with Crippen molar-refractivity contribution < 1.29 is 28.9 Å². The Morgan fingerprint density at radius 2 is 1.85 bits per heavy atom. The van der Waals surface area contributed by atoms with Crippen LogP contribution in [-0.2, 0) is 9.59 Å². The Morgan fingerprint density at radius 3 is 2.52 bits per heavy atom. The molecule has 2 aromatic rings. The van der Waals surface area contributed by atoms with Crippen LogP contribution < -0.4 is 19.5 Å². The molecular formula is C25H30N2O6. The maximum atomic E-state index is 12.8. The summed E-state index contributed by atoms with van der Waals surface area (Å²) in [5.41, 5.74) is 1.69. The molecule has 4 rings (SSSR count). The highest BCUT2D eigenvalue weighted by Gasteiger charge is 2.48. The van der Waals surface area contributed by atoms with E-state index in [2.05, 4.69) is 5.32 Å². The molecule has 4 atom stereocenters. The Morgan fingerprint density at radius 1 is 1.15 bits per heavy atom. The van der Waals surface area contributed by atoms with Crippen LogP contribution in [0.1, 0.15) is 43.4 Å². The van der Waals surface area contributed by atoms with E-state index in [4.69, 9.17) is 14.2 Å². The fraction of sp³-hybridized carbons (Fsp3) is 0.440. The number of benzene rings is 2. The lowest BCUT2D eigenvalue weighted by Crippen LogP contribution is -2.41. The van der Waals surface area contributed by atoms with Crippen molar-refractivity contribution in [3.8, 4) is 17.2 Å². The molecule has 176 valence electrons. The summed E-state index contributed by atoms with van der Waals surface area (Å²) in [4.78, 5) is 27.3. The number of methoxy groups -OCH3 is 1. The Labute approximate surface area is 193 Å². The molecule has 8 nitrogen and oxygen atoms in total. The van der Waals surface area contributed by atoms with Gasteiger partial charge in [0.25, 0.3) is 0 Å². The minimum atomic E-state index is -0.900. The van der Waals surface area contributed by atoms with Gasteiger partial charge >= 0.3 is 5.97 Å². The van der Waals surface area contributed by atoms with E-state index >= 15 is 0 Å². The largest absolute Gasteiger partial charge is 0.497 e. The number of nitrogens with zero attached hydrogens (tertiary/aromatic N) is 1. The van der Waals surface area contributed by atoms with E-state index in [1.807, 2.05) is 61.2 Å². The number of likely N-dealkylation sites (tertiary alicyclic amines) is 1. The predicted molar refractivity (Wildman–Crippen MR) is 122 cm³/mol. The molecule has 1 saturated heterocycles. The van der Waals surface area contributed by atoms with Crippen LogP contribution in [0, 0.1) is 5.92 Å². The van der Waals surface area contributed by atoms with Gasteiger partial charge in [-0.1, -0.05) is 25.1 Å². The number of amides is 1. The highest BCUT2D eigenvalue weighted by molar-refractivity contribution is 5.79. The molecule has 2 heterocycles. The molecule has 0 aliphatic carbocycles. The van der Waals surface area contributed by atoms with Crippen molar-refractivity contribution >= 4 is 11.9 Å². The molecule has 8 heteroatoms. The van der Waals surface area contributed by atoms with Crippen LogP contribution in [0.15, 0.2) is 42.5 Å². The van der Waals surface area contributed by atoms with Crippen LogP contribution in [0.5, 0.6) is 17.2 Å². The van der Waals surface area contributed by atoms with E-state index in [1.54, 1.807) is 7.11 Å². The molecule has 2 aliphatic rings. The first-order chi connectivity index (χ1) is 15.9. The van der Waals surface area contributed by atoms with Gasteiger partial charge in [0.05, 0.1) is 19.6 Å². The number of nitrogens with one attached hydrogen (secondary N) is 1. The number of hydrogen-bond donors (Lipinski definition) is 2. The molecular weight excluding hydrogens is 424 g/mol. The lowest BCUT2D eigenvalue weighted by Gasteiger charge is -2.27. The van der Waals surface area contributed by atoms with E-state index < -0.39 is 17.9 Å². The Hall–Kier alpha value is -3.26. The first-order valence-electron chi connectivity index (χ1n) is 11.2. The van der Waals surface area contributed by atoms with Crippen molar-refractivity contribution in [1.82, 2.24) is 10.2 Å². The summed E-state index contributed by atoms with van der Waals surface area (Å²) in [6.45, 7) is 4.67. The smallest absolute Gasteiger partial charge is 0.309 e. The van der Waals surface area contributed by atoms with Crippen molar-refractivity contribution in [3.05, 3.63) is 53.6 Å². The van der Waals surface area contributed by atoms with Crippen LogP contribution in [0.4, 0.5) is 0 Å². The standard InChI is InChI=1S/C25H30N2O6/c1-4-15(2)26-22(28)13-27-12-19(17-7-10-20-21(11-17)33-14-32-20)23(25(29)30)24(27)16-5-8-18(31-3)9-6-16/h5-11,15,19,23-24H,4,12-14H2,1-3H3,(H,26,28)(H,29,30). The van der Waals surface area contributed by atoms with Gasteiger partial charge in [0, 0.05) is 24.5 Å². The molecule has 4 unspecified atom stereocenters. The topological polar surface area (TPSA) is 97.3 Å². The molecule has 0 bridgehead atoms. The van der Waals surface area contributed by atoms with E-state index in [1.165, 1.54) is 0 Å². The number of fused-ring (bicyclic) bond motifs is 1. The predicted octanol–water partition coefficient (Wildman–Crippen LogP) is 3.18. The molecule has 0 radical (unpaired) electrons. The monoisotopic (exact) mass is 454 g/mol. The minimum absolute atomic E-state index is 0.0551. The SMILES string of the molecule is CCC(C)NC(=O)CN1CC(c2ccc3c(c2)OCO3)C(C(=O)O)C1c1ccc(OC)cc1. The highest BCUT2D eigenvalue weighted by atomic mass is 16.7. The number of carbonyl (C=O) groups is 2. The number of carbonyl (C=O) groups excluding carboxylic acids is 1. The quantitative estimate of drug-likeness (QED) is 0.632. The van der Waals surface area contributed by atoms with Gasteiger partial charge in [0.15, 0.2) is 11.5 Å². The lowest BCUT2D eigenvalue weighted by molar-refractivity contribution is -0.143. The van der Waals surface area contributed by atoms with Gasteiger partial charge in [0.1, 0.15) is 5.75 Å². The third-order valence-electron chi connectivity index (χ3n) is 6.53. The fourth-order valence-corrected chi connectivity index (χ4v) is 4.68. The van der Waals surface area contributed by atoms with E-state index in [-0.39, 0.29) is 31.2 Å². The Balaban J connectivity index is 1.69.